The van der Waals surface area contributed by atoms with E-state index in [1.807, 2.05) is 0 Å². The lowest BCUT2D eigenvalue weighted by atomic mass is 9.62. The van der Waals surface area contributed by atoms with E-state index in [9.17, 15) is 0 Å². The summed E-state index contributed by atoms with van der Waals surface area (Å²) in [7, 11) is 0. The third kappa shape index (κ3) is 1.09. The Bertz CT molecular complexity index is 211. The first-order chi connectivity index (χ1) is 6.25. The van der Waals surface area contributed by atoms with E-state index in [1.165, 1.54) is 6.42 Å². The van der Waals surface area contributed by atoms with Crippen molar-refractivity contribution in [3.8, 4) is 0 Å². The summed E-state index contributed by atoms with van der Waals surface area (Å²) < 4.78 is 0. The number of hydrogen-bond donors (Lipinski definition) is 1. The highest BCUT2D eigenvalue weighted by Gasteiger charge is 2.51. The molecule has 74 valence electrons. The van der Waals surface area contributed by atoms with Crippen LogP contribution in [-0.4, -0.2) is 6.04 Å². The minimum atomic E-state index is 0.705. The van der Waals surface area contributed by atoms with Crippen LogP contribution in [0.15, 0.2) is 0 Å². The first-order valence-corrected chi connectivity index (χ1v) is 6.08. The fourth-order valence-corrected chi connectivity index (χ4v) is 4.83. The third-order valence-electron chi connectivity index (χ3n) is 5.09. The molecule has 3 rings (SSSR count). The minimum Gasteiger partial charge on any atom is -0.355 e. The molecule has 0 heterocycles. The average Bonchev–Trinajstić information content (AvgIpc) is 2.27. The lowest BCUT2D eigenvalue weighted by Gasteiger charge is -2.43. The standard InChI is InChI=1S/C12H21N/c1-7(13)12-10-3-2-9-4-8(5-10)6-11(9)12/h7-12H,2-6,13H2,1H3/p+1/t7-,8-,9+,10+,11+,12+/m0/s1. The predicted octanol–water partition coefficient (Wildman–Crippen LogP) is 1.69. The van der Waals surface area contributed by atoms with E-state index in [-0.39, 0.29) is 0 Å². The van der Waals surface area contributed by atoms with Gasteiger partial charge in [-0.15, -0.1) is 0 Å². The number of rotatable bonds is 1. The lowest BCUT2D eigenvalue weighted by molar-refractivity contribution is -0.436. The second-order valence-corrected chi connectivity index (χ2v) is 5.89. The summed E-state index contributed by atoms with van der Waals surface area (Å²) in [6, 6.07) is 0.705. The van der Waals surface area contributed by atoms with Gasteiger partial charge in [-0.1, -0.05) is 0 Å². The minimum absolute atomic E-state index is 0.705. The summed E-state index contributed by atoms with van der Waals surface area (Å²) in [4.78, 5) is 0. The molecule has 0 aromatic rings. The average molecular weight is 180 g/mol. The van der Waals surface area contributed by atoms with Crippen molar-refractivity contribution in [1.82, 2.24) is 0 Å². The summed E-state index contributed by atoms with van der Waals surface area (Å²) >= 11 is 0. The van der Waals surface area contributed by atoms with Gasteiger partial charge in [-0.25, -0.2) is 0 Å². The quantitative estimate of drug-likeness (QED) is 0.636. The van der Waals surface area contributed by atoms with E-state index in [1.54, 1.807) is 25.7 Å². The zero-order valence-corrected chi connectivity index (χ0v) is 8.71. The Morgan fingerprint density at radius 1 is 1.08 bits per heavy atom. The molecule has 3 bridgehead atoms. The zero-order valence-electron chi connectivity index (χ0n) is 8.71. The lowest BCUT2D eigenvalue weighted by Crippen LogP contribution is -2.66. The molecule has 0 radical (unpaired) electrons. The van der Waals surface area contributed by atoms with Gasteiger partial charge in [0.15, 0.2) is 0 Å². The molecular weight excluding hydrogens is 158 g/mol. The van der Waals surface area contributed by atoms with Gasteiger partial charge < -0.3 is 5.73 Å². The van der Waals surface area contributed by atoms with Crippen LogP contribution < -0.4 is 5.73 Å². The van der Waals surface area contributed by atoms with Gasteiger partial charge >= 0.3 is 0 Å². The summed E-state index contributed by atoms with van der Waals surface area (Å²) in [6.45, 7) is 2.35. The Balaban J connectivity index is 1.90. The molecule has 3 fully saturated rings. The van der Waals surface area contributed by atoms with E-state index < -0.39 is 0 Å². The van der Waals surface area contributed by atoms with Gasteiger partial charge in [0.05, 0.1) is 6.04 Å². The van der Waals surface area contributed by atoms with Crippen LogP contribution >= 0.6 is 0 Å². The predicted molar refractivity (Wildman–Crippen MR) is 52.9 cm³/mol. The van der Waals surface area contributed by atoms with Crippen LogP contribution in [0.5, 0.6) is 0 Å². The number of fused-ring (bicyclic) bond motifs is 2. The maximum Gasteiger partial charge on any atom is 0.0849 e. The van der Waals surface area contributed by atoms with Gasteiger partial charge in [-0.05, 0) is 62.7 Å². The van der Waals surface area contributed by atoms with Crippen molar-refractivity contribution in [1.29, 1.82) is 0 Å². The van der Waals surface area contributed by atoms with Gasteiger partial charge in [-0.2, -0.15) is 0 Å². The highest BCUT2D eigenvalue weighted by Crippen LogP contribution is 2.58. The first kappa shape index (κ1) is 8.28. The zero-order chi connectivity index (χ0) is 9.00. The van der Waals surface area contributed by atoms with Crippen LogP contribution in [0.4, 0.5) is 0 Å². The third-order valence-corrected chi connectivity index (χ3v) is 5.09. The summed E-state index contributed by atoms with van der Waals surface area (Å²) in [5.74, 6) is 5.38. The maximum atomic E-state index is 4.30. The highest BCUT2D eigenvalue weighted by molar-refractivity contribution is 5.00. The van der Waals surface area contributed by atoms with Gasteiger partial charge in [0.1, 0.15) is 0 Å². The van der Waals surface area contributed by atoms with Crippen molar-refractivity contribution in [2.45, 2.75) is 45.1 Å². The normalized spacial score (nSPS) is 55.4. The summed E-state index contributed by atoms with van der Waals surface area (Å²) in [5.41, 5.74) is 4.30. The second kappa shape index (κ2) is 2.73. The fourth-order valence-electron chi connectivity index (χ4n) is 4.83. The summed E-state index contributed by atoms with van der Waals surface area (Å²) in [5, 5.41) is 0. The van der Waals surface area contributed by atoms with E-state index >= 15 is 0 Å². The Hall–Kier alpha value is -0.0400. The molecule has 3 saturated carbocycles. The van der Waals surface area contributed by atoms with Crippen molar-refractivity contribution in [3.05, 3.63) is 0 Å². The van der Waals surface area contributed by atoms with Crippen molar-refractivity contribution in [2.75, 3.05) is 0 Å². The van der Waals surface area contributed by atoms with Crippen LogP contribution in [0.2, 0.25) is 0 Å². The molecule has 13 heavy (non-hydrogen) atoms. The Morgan fingerprint density at radius 3 is 2.54 bits per heavy atom. The Kier molecular flexibility index (Phi) is 1.74. The molecule has 0 aromatic heterocycles. The van der Waals surface area contributed by atoms with E-state index in [4.69, 9.17) is 0 Å². The molecule has 1 heteroatoms. The van der Waals surface area contributed by atoms with E-state index in [0.717, 1.165) is 29.6 Å². The molecule has 3 aliphatic rings. The van der Waals surface area contributed by atoms with Gasteiger partial charge in [0.25, 0.3) is 0 Å². The first-order valence-electron chi connectivity index (χ1n) is 6.08. The van der Waals surface area contributed by atoms with Crippen molar-refractivity contribution >= 4 is 0 Å². The van der Waals surface area contributed by atoms with E-state index in [0.29, 0.717) is 6.04 Å². The molecule has 6 atom stereocenters. The maximum absolute atomic E-state index is 4.30. The molecule has 3 aliphatic carbocycles. The molecule has 0 unspecified atom stereocenters. The van der Waals surface area contributed by atoms with Gasteiger partial charge in [0, 0.05) is 5.92 Å². The topological polar surface area (TPSA) is 27.6 Å². The molecule has 3 N–H and O–H groups in total. The van der Waals surface area contributed by atoms with Crippen LogP contribution in [0.3, 0.4) is 0 Å². The molecule has 0 saturated heterocycles. The second-order valence-electron chi connectivity index (χ2n) is 5.89. The summed E-state index contributed by atoms with van der Waals surface area (Å²) in [6.07, 6.45) is 7.77. The molecule has 0 amide bonds. The van der Waals surface area contributed by atoms with Crippen molar-refractivity contribution in [3.63, 3.8) is 0 Å². The highest BCUT2D eigenvalue weighted by atomic mass is 14.7. The molecular formula is C12H22N+. The van der Waals surface area contributed by atoms with Crippen LogP contribution in [0.1, 0.15) is 39.0 Å². The van der Waals surface area contributed by atoms with Gasteiger partial charge in [0.2, 0.25) is 0 Å². The molecule has 0 spiro atoms. The van der Waals surface area contributed by atoms with Crippen LogP contribution in [0, 0.1) is 29.6 Å². The van der Waals surface area contributed by atoms with E-state index in [2.05, 4.69) is 12.7 Å². The number of quaternary nitrogens is 1. The SMILES string of the molecule is C[C@H]([NH3+])[C@@H]1[C@@H]2CC[C@@H]3C[C@@H](C2)C[C@H]31. The smallest absolute Gasteiger partial charge is 0.0849 e. The van der Waals surface area contributed by atoms with Gasteiger partial charge in [-0.3, -0.25) is 0 Å². The van der Waals surface area contributed by atoms with Crippen molar-refractivity contribution in [2.24, 2.45) is 29.6 Å². The Morgan fingerprint density at radius 2 is 1.77 bits per heavy atom. The largest absolute Gasteiger partial charge is 0.355 e. The van der Waals surface area contributed by atoms with Crippen LogP contribution in [-0.2, 0) is 0 Å². The van der Waals surface area contributed by atoms with Crippen molar-refractivity contribution < 1.29 is 5.73 Å². The fraction of sp³-hybridized carbons (Fsp3) is 1.00. The Labute approximate surface area is 81.1 Å². The van der Waals surface area contributed by atoms with Crippen LogP contribution in [0.25, 0.3) is 0 Å². The molecule has 1 nitrogen and oxygen atoms in total. The monoisotopic (exact) mass is 180 g/mol. The molecule has 0 aromatic carbocycles. The number of hydrogen-bond acceptors (Lipinski definition) is 0. The molecule has 0 aliphatic heterocycles.